The van der Waals surface area contributed by atoms with E-state index < -0.39 is 10.0 Å². The second-order valence-electron chi connectivity index (χ2n) is 4.95. The van der Waals surface area contributed by atoms with Crippen molar-refractivity contribution in [3.8, 4) is 0 Å². The van der Waals surface area contributed by atoms with Crippen molar-refractivity contribution < 1.29 is 13.5 Å². The summed E-state index contributed by atoms with van der Waals surface area (Å²) in [7, 11) is -1.97. The van der Waals surface area contributed by atoms with Crippen LogP contribution in [0.2, 0.25) is 0 Å². The Morgan fingerprint density at radius 1 is 1.26 bits per heavy atom. The van der Waals surface area contributed by atoms with Crippen LogP contribution in [0.15, 0.2) is 29.2 Å². The van der Waals surface area contributed by atoms with Crippen LogP contribution in [0.4, 0.5) is 5.69 Å². The van der Waals surface area contributed by atoms with Crippen LogP contribution < -0.4 is 10.0 Å². The molecule has 2 unspecified atom stereocenters. The number of aliphatic hydroxyl groups excluding tert-OH is 1. The average molecular weight is 284 g/mol. The molecular weight excluding hydrogens is 264 g/mol. The van der Waals surface area contributed by atoms with E-state index in [2.05, 4.69) is 10.0 Å². The van der Waals surface area contributed by atoms with Gasteiger partial charge in [0.1, 0.15) is 0 Å². The number of rotatable bonds is 5. The molecule has 2 rings (SSSR count). The van der Waals surface area contributed by atoms with Crippen molar-refractivity contribution in [2.45, 2.75) is 30.3 Å². The van der Waals surface area contributed by atoms with Gasteiger partial charge in [0.15, 0.2) is 0 Å². The SMILES string of the molecule is CNS(=O)(=O)c1ccc(NCC2CCC(O)C2)cc1. The summed E-state index contributed by atoms with van der Waals surface area (Å²) in [6.45, 7) is 0.815. The highest BCUT2D eigenvalue weighted by Crippen LogP contribution is 2.25. The lowest BCUT2D eigenvalue weighted by Gasteiger charge is -2.12. The topological polar surface area (TPSA) is 78.4 Å². The minimum atomic E-state index is -3.36. The highest BCUT2D eigenvalue weighted by Gasteiger charge is 2.22. The molecule has 0 amide bonds. The van der Waals surface area contributed by atoms with Crippen LogP contribution >= 0.6 is 0 Å². The van der Waals surface area contributed by atoms with Crippen molar-refractivity contribution in [2.24, 2.45) is 5.92 Å². The van der Waals surface area contributed by atoms with Crippen molar-refractivity contribution in [3.63, 3.8) is 0 Å². The maximum absolute atomic E-state index is 11.6. The molecule has 1 aromatic rings. The van der Waals surface area contributed by atoms with E-state index in [4.69, 9.17) is 0 Å². The molecule has 0 saturated heterocycles. The van der Waals surface area contributed by atoms with Gasteiger partial charge in [0, 0.05) is 12.2 Å². The van der Waals surface area contributed by atoms with Crippen LogP contribution in [0.3, 0.4) is 0 Å². The fourth-order valence-corrected chi connectivity index (χ4v) is 3.10. The van der Waals surface area contributed by atoms with Crippen LogP contribution in [0.1, 0.15) is 19.3 Å². The van der Waals surface area contributed by atoms with Crippen molar-refractivity contribution in [1.82, 2.24) is 4.72 Å². The monoisotopic (exact) mass is 284 g/mol. The summed E-state index contributed by atoms with van der Waals surface area (Å²) in [6, 6.07) is 6.68. The van der Waals surface area contributed by atoms with Gasteiger partial charge in [-0.15, -0.1) is 0 Å². The van der Waals surface area contributed by atoms with E-state index in [0.717, 1.165) is 31.5 Å². The molecular formula is C13H20N2O3S. The van der Waals surface area contributed by atoms with E-state index in [1.807, 2.05) is 0 Å². The van der Waals surface area contributed by atoms with E-state index >= 15 is 0 Å². The summed E-state index contributed by atoms with van der Waals surface area (Å²) in [4.78, 5) is 0.261. The second-order valence-corrected chi connectivity index (χ2v) is 6.83. The number of anilines is 1. The van der Waals surface area contributed by atoms with Crippen molar-refractivity contribution >= 4 is 15.7 Å². The molecule has 0 radical (unpaired) electrons. The van der Waals surface area contributed by atoms with Gasteiger partial charge in [0.25, 0.3) is 0 Å². The Balaban J connectivity index is 1.92. The van der Waals surface area contributed by atoms with Crippen LogP contribution in [0, 0.1) is 5.92 Å². The van der Waals surface area contributed by atoms with Crippen molar-refractivity contribution in [2.75, 3.05) is 18.9 Å². The van der Waals surface area contributed by atoms with Gasteiger partial charge in [0.05, 0.1) is 11.0 Å². The van der Waals surface area contributed by atoms with Gasteiger partial charge >= 0.3 is 0 Å². The summed E-state index contributed by atoms with van der Waals surface area (Å²) in [5.41, 5.74) is 0.899. The van der Waals surface area contributed by atoms with Gasteiger partial charge < -0.3 is 10.4 Å². The fourth-order valence-electron chi connectivity index (χ4n) is 2.37. The van der Waals surface area contributed by atoms with Crippen molar-refractivity contribution in [1.29, 1.82) is 0 Å². The molecule has 0 heterocycles. The van der Waals surface area contributed by atoms with Crippen LogP contribution in [-0.4, -0.2) is 33.2 Å². The van der Waals surface area contributed by atoms with Gasteiger partial charge in [-0.1, -0.05) is 0 Å². The first-order valence-electron chi connectivity index (χ1n) is 6.47. The molecule has 0 spiro atoms. The number of hydrogen-bond acceptors (Lipinski definition) is 4. The zero-order chi connectivity index (χ0) is 13.9. The van der Waals surface area contributed by atoms with Gasteiger partial charge in [-0.05, 0) is 56.5 Å². The minimum Gasteiger partial charge on any atom is -0.393 e. The molecule has 106 valence electrons. The Hall–Kier alpha value is -1.11. The Morgan fingerprint density at radius 3 is 2.47 bits per heavy atom. The van der Waals surface area contributed by atoms with Gasteiger partial charge in [-0.25, -0.2) is 13.1 Å². The van der Waals surface area contributed by atoms with E-state index in [-0.39, 0.29) is 11.0 Å². The van der Waals surface area contributed by atoms with Crippen molar-refractivity contribution in [3.05, 3.63) is 24.3 Å². The standard InChI is InChI=1S/C13H20N2O3S/c1-14-19(17,18)13-6-3-11(4-7-13)15-9-10-2-5-12(16)8-10/h3-4,6-7,10,12,14-16H,2,5,8-9H2,1H3. The third-order valence-electron chi connectivity index (χ3n) is 3.54. The third kappa shape index (κ3) is 3.68. The molecule has 1 aromatic carbocycles. The van der Waals surface area contributed by atoms with Gasteiger partial charge in [-0.3, -0.25) is 0 Å². The highest BCUT2D eigenvalue weighted by molar-refractivity contribution is 7.89. The Bertz CT molecular complexity index is 513. The van der Waals surface area contributed by atoms with Crippen LogP contribution in [-0.2, 0) is 10.0 Å². The fraction of sp³-hybridized carbons (Fsp3) is 0.538. The number of sulfonamides is 1. The van der Waals surface area contributed by atoms with E-state index in [1.54, 1.807) is 24.3 Å². The summed E-state index contributed by atoms with van der Waals surface area (Å²) >= 11 is 0. The third-order valence-corrected chi connectivity index (χ3v) is 4.97. The zero-order valence-corrected chi connectivity index (χ0v) is 11.8. The first-order valence-corrected chi connectivity index (χ1v) is 7.95. The minimum absolute atomic E-state index is 0.157. The molecule has 1 saturated carbocycles. The summed E-state index contributed by atoms with van der Waals surface area (Å²) in [6.07, 6.45) is 2.61. The molecule has 1 fully saturated rings. The summed E-state index contributed by atoms with van der Waals surface area (Å²) in [5.74, 6) is 0.496. The van der Waals surface area contributed by atoms with E-state index in [0.29, 0.717) is 5.92 Å². The maximum atomic E-state index is 11.6. The predicted molar refractivity (Wildman–Crippen MR) is 74.5 cm³/mol. The predicted octanol–water partition coefficient (Wildman–Crippen LogP) is 1.17. The molecule has 0 aromatic heterocycles. The molecule has 0 aliphatic heterocycles. The average Bonchev–Trinajstić information content (AvgIpc) is 2.83. The largest absolute Gasteiger partial charge is 0.393 e. The molecule has 1 aliphatic rings. The smallest absolute Gasteiger partial charge is 0.240 e. The Kier molecular flexibility index (Phi) is 4.44. The molecule has 5 nitrogen and oxygen atoms in total. The second kappa shape index (κ2) is 5.90. The number of aliphatic hydroxyl groups is 1. The van der Waals surface area contributed by atoms with E-state index in [9.17, 15) is 13.5 Å². The van der Waals surface area contributed by atoms with Crippen LogP contribution in [0.5, 0.6) is 0 Å². The first kappa shape index (κ1) is 14.3. The summed E-state index contributed by atoms with van der Waals surface area (Å²) in [5, 5.41) is 12.7. The van der Waals surface area contributed by atoms with E-state index in [1.165, 1.54) is 7.05 Å². The highest BCUT2D eigenvalue weighted by atomic mass is 32.2. The lowest BCUT2D eigenvalue weighted by molar-refractivity contribution is 0.178. The molecule has 1 aliphatic carbocycles. The lowest BCUT2D eigenvalue weighted by Crippen LogP contribution is -2.18. The molecule has 6 heteroatoms. The molecule has 2 atom stereocenters. The summed E-state index contributed by atoms with van der Waals surface area (Å²) < 4.78 is 25.4. The number of hydrogen-bond donors (Lipinski definition) is 3. The Morgan fingerprint density at radius 2 is 1.95 bits per heavy atom. The lowest BCUT2D eigenvalue weighted by atomic mass is 10.1. The number of benzene rings is 1. The molecule has 19 heavy (non-hydrogen) atoms. The molecule has 3 N–H and O–H groups in total. The maximum Gasteiger partial charge on any atom is 0.240 e. The van der Waals surface area contributed by atoms with Gasteiger partial charge in [-0.2, -0.15) is 0 Å². The first-order chi connectivity index (χ1) is 9.01. The quantitative estimate of drug-likeness (QED) is 0.758. The molecule has 0 bridgehead atoms. The van der Waals surface area contributed by atoms with Crippen LogP contribution in [0.25, 0.3) is 0 Å². The zero-order valence-electron chi connectivity index (χ0n) is 11.0. The Labute approximate surface area is 114 Å². The normalized spacial score (nSPS) is 23.5. The van der Waals surface area contributed by atoms with Gasteiger partial charge in [0.2, 0.25) is 10.0 Å². The number of nitrogens with one attached hydrogen (secondary N) is 2.